The van der Waals surface area contributed by atoms with E-state index in [0.717, 1.165) is 58.4 Å². The predicted octanol–water partition coefficient (Wildman–Crippen LogP) is 3.32. The number of carbonyl (C=O) groups is 2. The third kappa shape index (κ3) is 4.96. The minimum Gasteiger partial charge on any atom is -0.343 e. The van der Waals surface area contributed by atoms with Crippen LogP contribution in [0.1, 0.15) is 44.1 Å². The number of likely N-dealkylation sites (tertiary alicyclic amines) is 2. The maximum Gasteiger partial charge on any atom is 0.222 e. The third-order valence-electron chi connectivity index (χ3n) is 6.25. The average Bonchev–Trinajstić information content (AvgIpc) is 3.31. The molecule has 4 rings (SSSR count). The molecule has 2 aromatic carbocycles. The number of hydrogen-bond acceptors (Lipinski definition) is 3. The number of benzene rings is 2. The molecule has 2 fully saturated rings. The van der Waals surface area contributed by atoms with Gasteiger partial charge in [0.1, 0.15) is 0 Å². The Balaban J connectivity index is 1.20. The maximum absolute atomic E-state index is 12.3. The summed E-state index contributed by atoms with van der Waals surface area (Å²) in [5, 5.41) is 6.09. The normalized spacial score (nSPS) is 19.7. The van der Waals surface area contributed by atoms with E-state index in [1.54, 1.807) is 0 Å². The highest BCUT2D eigenvalue weighted by Gasteiger charge is 2.30. The molecule has 5 nitrogen and oxygen atoms in total. The number of fused-ring (bicyclic) bond motifs is 1. The number of amides is 2. The van der Waals surface area contributed by atoms with Crippen molar-refractivity contribution < 1.29 is 9.59 Å². The van der Waals surface area contributed by atoms with Gasteiger partial charge in [-0.25, -0.2) is 0 Å². The van der Waals surface area contributed by atoms with E-state index in [1.807, 2.05) is 4.90 Å². The molecule has 0 aromatic heterocycles. The van der Waals surface area contributed by atoms with Crippen LogP contribution in [0.5, 0.6) is 0 Å². The smallest absolute Gasteiger partial charge is 0.222 e. The minimum absolute atomic E-state index is 0.271. The van der Waals surface area contributed by atoms with Gasteiger partial charge in [0.15, 0.2) is 0 Å². The summed E-state index contributed by atoms with van der Waals surface area (Å²) < 4.78 is 0. The summed E-state index contributed by atoms with van der Waals surface area (Å²) in [6.07, 6.45) is 5.17. The van der Waals surface area contributed by atoms with Crippen molar-refractivity contribution in [3.8, 4) is 0 Å². The fourth-order valence-electron chi connectivity index (χ4n) is 4.62. The molecule has 0 aliphatic carbocycles. The molecule has 29 heavy (non-hydrogen) atoms. The van der Waals surface area contributed by atoms with Crippen LogP contribution in [0.15, 0.2) is 42.5 Å². The van der Waals surface area contributed by atoms with Crippen molar-refractivity contribution in [1.29, 1.82) is 0 Å². The molecule has 2 aliphatic heterocycles. The van der Waals surface area contributed by atoms with Crippen molar-refractivity contribution >= 4 is 22.6 Å². The van der Waals surface area contributed by atoms with Gasteiger partial charge in [-0.1, -0.05) is 36.4 Å². The van der Waals surface area contributed by atoms with Crippen LogP contribution in [0, 0.1) is 0 Å². The zero-order valence-electron chi connectivity index (χ0n) is 17.1. The largest absolute Gasteiger partial charge is 0.343 e. The first kappa shape index (κ1) is 19.9. The quantitative estimate of drug-likeness (QED) is 0.665. The van der Waals surface area contributed by atoms with E-state index in [1.165, 1.54) is 16.3 Å². The summed E-state index contributed by atoms with van der Waals surface area (Å²) in [7, 11) is 0. The lowest BCUT2D eigenvalue weighted by Crippen LogP contribution is -2.37. The molecule has 1 unspecified atom stereocenters. The highest BCUT2D eigenvalue weighted by atomic mass is 16.2. The van der Waals surface area contributed by atoms with Crippen molar-refractivity contribution in [2.24, 2.45) is 0 Å². The molecule has 2 heterocycles. The molecule has 2 aromatic rings. The second-order valence-electron chi connectivity index (χ2n) is 8.26. The molecule has 0 spiro atoms. The van der Waals surface area contributed by atoms with Crippen molar-refractivity contribution in [3.63, 3.8) is 0 Å². The van der Waals surface area contributed by atoms with E-state index < -0.39 is 0 Å². The zero-order valence-corrected chi connectivity index (χ0v) is 17.1. The summed E-state index contributed by atoms with van der Waals surface area (Å²) in [5.41, 5.74) is 1.29. The standard InChI is InChI=1S/C24H31N3O2/c28-23-7-3-14-26(23)15-4-16-27-22(10-11-24(27)29)12-13-25-18-19-8-9-20-5-1-2-6-21(20)17-19/h1-2,5-6,8-9,17,22,25H,3-4,7,10-16,18H2. The first-order valence-electron chi connectivity index (χ1n) is 11.0. The average molecular weight is 394 g/mol. The topological polar surface area (TPSA) is 52.7 Å². The predicted molar refractivity (Wildman–Crippen MR) is 115 cm³/mol. The number of nitrogens with zero attached hydrogens (tertiary/aromatic N) is 2. The van der Waals surface area contributed by atoms with Crippen molar-refractivity contribution in [3.05, 3.63) is 48.0 Å². The van der Waals surface area contributed by atoms with Gasteiger partial charge in [-0.15, -0.1) is 0 Å². The zero-order chi connectivity index (χ0) is 20.1. The van der Waals surface area contributed by atoms with Crippen LogP contribution in [-0.2, 0) is 16.1 Å². The Kier molecular flexibility index (Phi) is 6.45. The number of rotatable bonds is 9. The maximum atomic E-state index is 12.3. The molecule has 5 heteroatoms. The molecule has 2 aliphatic rings. The van der Waals surface area contributed by atoms with Gasteiger partial charge < -0.3 is 15.1 Å². The van der Waals surface area contributed by atoms with Gasteiger partial charge in [-0.3, -0.25) is 9.59 Å². The van der Waals surface area contributed by atoms with E-state index in [2.05, 4.69) is 52.7 Å². The van der Waals surface area contributed by atoms with E-state index in [0.29, 0.717) is 18.9 Å². The van der Waals surface area contributed by atoms with Gasteiger partial charge in [-0.2, -0.15) is 0 Å². The first-order valence-corrected chi connectivity index (χ1v) is 11.0. The Morgan fingerprint density at radius 3 is 2.66 bits per heavy atom. The van der Waals surface area contributed by atoms with Crippen molar-refractivity contribution in [2.45, 2.75) is 51.1 Å². The van der Waals surface area contributed by atoms with E-state index >= 15 is 0 Å². The number of carbonyl (C=O) groups excluding carboxylic acids is 2. The Morgan fingerprint density at radius 1 is 0.966 bits per heavy atom. The highest BCUT2D eigenvalue weighted by molar-refractivity contribution is 5.83. The van der Waals surface area contributed by atoms with Crippen LogP contribution in [-0.4, -0.2) is 53.8 Å². The molecule has 1 N–H and O–H groups in total. The second-order valence-corrected chi connectivity index (χ2v) is 8.26. The lowest BCUT2D eigenvalue weighted by atomic mass is 10.1. The Bertz CT molecular complexity index is 866. The van der Waals surface area contributed by atoms with E-state index in [-0.39, 0.29) is 11.8 Å². The van der Waals surface area contributed by atoms with Crippen LogP contribution in [0.3, 0.4) is 0 Å². The monoisotopic (exact) mass is 393 g/mol. The highest BCUT2D eigenvalue weighted by Crippen LogP contribution is 2.22. The lowest BCUT2D eigenvalue weighted by Gasteiger charge is -2.26. The summed E-state index contributed by atoms with van der Waals surface area (Å²) >= 11 is 0. The SMILES string of the molecule is O=C1CCCN1CCCN1C(=O)CCC1CCNCc1ccc2ccccc2c1. The van der Waals surface area contributed by atoms with Gasteiger partial charge >= 0.3 is 0 Å². The van der Waals surface area contributed by atoms with Gasteiger partial charge in [0.05, 0.1) is 0 Å². The fourth-order valence-corrected chi connectivity index (χ4v) is 4.62. The van der Waals surface area contributed by atoms with Crippen LogP contribution >= 0.6 is 0 Å². The van der Waals surface area contributed by atoms with Gasteiger partial charge in [0.2, 0.25) is 11.8 Å². The summed E-state index contributed by atoms with van der Waals surface area (Å²) in [6, 6.07) is 15.4. The van der Waals surface area contributed by atoms with Gasteiger partial charge in [0.25, 0.3) is 0 Å². The van der Waals surface area contributed by atoms with Crippen molar-refractivity contribution in [1.82, 2.24) is 15.1 Å². The van der Waals surface area contributed by atoms with Crippen molar-refractivity contribution in [2.75, 3.05) is 26.2 Å². The number of hydrogen-bond donors (Lipinski definition) is 1. The third-order valence-corrected chi connectivity index (χ3v) is 6.25. The van der Waals surface area contributed by atoms with Crippen LogP contribution in [0.4, 0.5) is 0 Å². The first-order chi connectivity index (χ1) is 14.2. The molecule has 154 valence electrons. The van der Waals surface area contributed by atoms with Gasteiger partial charge in [-0.05, 0) is 54.6 Å². The fraction of sp³-hybridized carbons (Fsp3) is 0.500. The molecule has 1 atom stereocenters. The Hall–Kier alpha value is -2.40. The second kappa shape index (κ2) is 9.40. The summed E-state index contributed by atoms with van der Waals surface area (Å²) in [4.78, 5) is 28.0. The van der Waals surface area contributed by atoms with Gasteiger partial charge in [0, 0.05) is 45.1 Å². The van der Waals surface area contributed by atoms with Crippen LogP contribution in [0.2, 0.25) is 0 Å². The van der Waals surface area contributed by atoms with Crippen LogP contribution < -0.4 is 5.32 Å². The number of nitrogens with one attached hydrogen (secondary N) is 1. The lowest BCUT2D eigenvalue weighted by molar-refractivity contribution is -0.129. The molecule has 0 radical (unpaired) electrons. The van der Waals surface area contributed by atoms with Crippen LogP contribution in [0.25, 0.3) is 10.8 Å². The molecule has 2 amide bonds. The Labute approximate surface area is 173 Å². The molecule has 0 saturated carbocycles. The van der Waals surface area contributed by atoms with E-state index in [9.17, 15) is 9.59 Å². The molecular weight excluding hydrogens is 362 g/mol. The molecule has 2 saturated heterocycles. The van der Waals surface area contributed by atoms with E-state index in [4.69, 9.17) is 0 Å². The summed E-state index contributed by atoms with van der Waals surface area (Å²) in [5.74, 6) is 0.546. The minimum atomic E-state index is 0.271. The molecular formula is C24H31N3O2. The summed E-state index contributed by atoms with van der Waals surface area (Å²) in [6.45, 7) is 4.21. The molecule has 0 bridgehead atoms. The Morgan fingerprint density at radius 2 is 1.83 bits per heavy atom.